The van der Waals surface area contributed by atoms with Gasteiger partial charge >= 0.3 is 0 Å². The molecule has 0 radical (unpaired) electrons. The summed E-state index contributed by atoms with van der Waals surface area (Å²) in [4.78, 5) is 2.47. The summed E-state index contributed by atoms with van der Waals surface area (Å²) in [5, 5.41) is 5.03. The largest absolute Gasteiger partial charge is 0.453 e. The monoisotopic (exact) mass is 895 g/mol. The van der Waals surface area contributed by atoms with Gasteiger partial charge in [0.1, 0.15) is 0 Å². The number of fused-ring (bicyclic) bond motifs is 12. The first-order valence-electron chi connectivity index (χ1n) is 24.6. The molecule has 2 aliphatic carbocycles. The molecule has 0 N–H and O–H groups in total. The van der Waals surface area contributed by atoms with Crippen molar-refractivity contribution in [3.8, 4) is 78.3 Å². The number of hydrogen-bond donors (Lipinski definition) is 0. The topological polar surface area (TPSA) is 12.5 Å². The lowest BCUT2D eigenvalue weighted by Crippen LogP contribution is -2.18. The summed E-state index contributed by atoms with van der Waals surface area (Å²) in [5.74, 6) is 1.62. The van der Waals surface area contributed by atoms with Crippen LogP contribution in [0.3, 0.4) is 0 Å². The maximum atomic E-state index is 7.40. The van der Waals surface area contributed by atoms with E-state index in [2.05, 4.69) is 257 Å². The van der Waals surface area contributed by atoms with Gasteiger partial charge in [0.15, 0.2) is 11.5 Å². The molecule has 70 heavy (non-hydrogen) atoms. The molecule has 0 bridgehead atoms. The van der Waals surface area contributed by atoms with Crippen LogP contribution in [-0.2, 0) is 10.8 Å². The summed E-state index contributed by atoms with van der Waals surface area (Å²) in [5.41, 5.74) is 22.8. The molecule has 11 aromatic rings. The smallest absolute Gasteiger partial charge is 0.152 e. The number of hydrogen-bond acceptors (Lipinski definition) is 2. The molecular formula is C68H49NO. The van der Waals surface area contributed by atoms with E-state index < -0.39 is 0 Å². The Labute approximate surface area is 409 Å². The molecule has 0 spiro atoms. The minimum Gasteiger partial charge on any atom is -0.453 e. The summed E-state index contributed by atoms with van der Waals surface area (Å²) in [6, 6.07) is 82.8. The van der Waals surface area contributed by atoms with Crippen LogP contribution >= 0.6 is 0 Å². The molecule has 0 amide bonds. The first-order valence-corrected chi connectivity index (χ1v) is 24.6. The minimum absolute atomic E-state index is 0.156. The van der Waals surface area contributed by atoms with Gasteiger partial charge in [0, 0.05) is 22.0 Å². The molecule has 332 valence electrons. The van der Waals surface area contributed by atoms with Crippen LogP contribution in [0.1, 0.15) is 49.9 Å². The highest BCUT2D eigenvalue weighted by Gasteiger charge is 2.39. The number of nitrogens with zero attached hydrogens (tertiary/aromatic N) is 1. The Morgan fingerprint density at radius 3 is 1.14 bits per heavy atom. The van der Waals surface area contributed by atoms with Gasteiger partial charge in [-0.05, 0) is 136 Å². The van der Waals surface area contributed by atoms with E-state index in [1.54, 1.807) is 0 Å². The van der Waals surface area contributed by atoms with Crippen LogP contribution in [0.25, 0.3) is 88.3 Å². The summed E-state index contributed by atoms with van der Waals surface area (Å²) in [7, 11) is 0. The molecule has 11 aromatic carbocycles. The first-order chi connectivity index (χ1) is 34.3. The standard InChI is InChI=1S/C68H49NO/c1-67(2)56-32-17-15-28-52(56)64-50-26-13-11-24-48(50)54(40-58(64)67)44-34-36-60-62(38-44)70-63-39-45(55-41-59-65(51-27-14-12-25-49(51)55)53-29-16-18-33-57(53)68(59,3)4)35-37-61(63)69(60)66-46(42-20-7-5-8-21-42)30-19-31-47(66)43-22-9-6-10-23-43/h5-41H,1-4H3. The van der Waals surface area contributed by atoms with Gasteiger partial charge in [0.2, 0.25) is 0 Å². The minimum atomic E-state index is -0.156. The third kappa shape index (κ3) is 5.80. The molecule has 2 nitrogen and oxygen atoms in total. The van der Waals surface area contributed by atoms with Gasteiger partial charge < -0.3 is 9.64 Å². The lowest BCUT2D eigenvalue weighted by molar-refractivity contribution is 0.477. The Kier molecular flexibility index (Phi) is 8.71. The molecule has 0 fully saturated rings. The number of ether oxygens (including phenoxy) is 1. The second-order valence-corrected chi connectivity index (χ2v) is 20.4. The van der Waals surface area contributed by atoms with Crippen LogP contribution in [0.4, 0.5) is 17.1 Å². The van der Waals surface area contributed by atoms with Crippen LogP contribution < -0.4 is 9.64 Å². The van der Waals surface area contributed by atoms with Crippen molar-refractivity contribution in [2.75, 3.05) is 4.90 Å². The van der Waals surface area contributed by atoms with Crippen molar-refractivity contribution < 1.29 is 4.74 Å². The molecular weight excluding hydrogens is 847 g/mol. The van der Waals surface area contributed by atoms with Gasteiger partial charge in [-0.25, -0.2) is 0 Å². The average molecular weight is 896 g/mol. The molecule has 1 aliphatic heterocycles. The zero-order valence-electron chi connectivity index (χ0n) is 39.7. The van der Waals surface area contributed by atoms with Crippen molar-refractivity contribution in [2.45, 2.75) is 38.5 Å². The van der Waals surface area contributed by atoms with E-state index in [-0.39, 0.29) is 10.8 Å². The predicted octanol–water partition coefficient (Wildman–Crippen LogP) is 18.8. The maximum Gasteiger partial charge on any atom is 0.152 e. The summed E-state index contributed by atoms with van der Waals surface area (Å²) in [6.45, 7) is 9.49. The Bertz CT molecular complexity index is 3720. The van der Waals surface area contributed by atoms with Crippen molar-refractivity contribution in [2.24, 2.45) is 0 Å². The van der Waals surface area contributed by atoms with Crippen molar-refractivity contribution in [1.29, 1.82) is 0 Å². The molecule has 14 rings (SSSR count). The average Bonchev–Trinajstić information content (AvgIpc) is 3.79. The Morgan fingerprint density at radius 2 is 0.686 bits per heavy atom. The summed E-state index contributed by atoms with van der Waals surface area (Å²) < 4.78 is 7.40. The number of rotatable bonds is 5. The molecule has 0 atom stereocenters. The lowest BCUT2D eigenvalue weighted by Gasteiger charge is -2.36. The van der Waals surface area contributed by atoms with E-state index >= 15 is 0 Å². The van der Waals surface area contributed by atoms with E-state index in [0.717, 1.165) is 61.9 Å². The van der Waals surface area contributed by atoms with Crippen molar-refractivity contribution in [1.82, 2.24) is 0 Å². The fourth-order valence-corrected chi connectivity index (χ4v) is 12.4. The van der Waals surface area contributed by atoms with Gasteiger partial charge in [-0.15, -0.1) is 0 Å². The number of benzene rings is 11. The fourth-order valence-electron chi connectivity index (χ4n) is 12.4. The maximum absolute atomic E-state index is 7.40. The fraction of sp³-hybridized carbons (Fsp3) is 0.0882. The highest BCUT2D eigenvalue weighted by atomic mass is 16.5. The summed E-state index contributed by atoms with van der Waals surface area (Å²) >= 11 is 0. The molecule has 0 unspecified atom stereocenters. The van der Waals surface area contributed by atoms with Gasteiger partial charge in [-0.2, -0.15) is 0 Å². The second-order valence-electron chi connectivity index (χ2n) is 20.4. The predicted molar refractivity (Wildman–Crippen MR) is 293 cm³/mol. The number of anilines is 3. The zero-order chi connectivity index (χ0) is 46.9. The van der Waals surface area contributed by atoms with Crippen LogP contribution in [0.5, 0.6) is 11.5 Å². The Morgan fingerprint density at radius 1 is 0.300 bits per heavy atom. The molecule has 0 saturated carbocycles. The van der Waals surface area contributed by atoms with E-state index in [1.807, 2.05) is 0 Å². The molecule has 1 heterocycles. The van der Waals surface area contributed by atoms with E-state index in [1.165, 1.54) is 77.2 Å². The second kappa shape index (κ2) is 15.0. The number of para-hydroxylation sites is 1. The SMILES string of the molecule is CC1(C)c2ccccc2-c2c1cc(-c1ccc3c(c1)Oc1cc(-c4cc5c(c6ccccc46)-c4ccccc4C5(C)C)ccc1N3c1c(-c3ccccc3)cccc1-c1ccccc1)c1ccccc21. The van der Waals surface area contributed by atoms with Crippen molar-refractivity contribution >= 4 is 38.6 Å². The van der Waals surface area contributed by atoms with Gasteiger partial charge in [-0.3, -0.25) is 0 Å². The van der Waals surface area contributed by atoms with Gasteiger partial charge in [-0.1, -0.05) is 216 Å². The third-order valence-corrected chi connectivity index (χ3v) is 15.8. The van der Waals surface area contributed by atoms with Crippen LogP contribution in [0, 0.1) is 0 Å². The third-order valence-electron chi connectivity index (χ3n) is 15.8. The van der Waals surface area contributed by atoms with Crippen molar-refractivity contribution in [3.05, 3.63) is 247 Å². The highest BCUT2D eigenvalue weighted by Crippen LogP contribution is 2.59. The molecule has 2 heteroatoms. The van der Waals surface area contributed by atoms with Gasteiger partial charge in [0.25, 0.3) is 0 Å². The van der Waals surface area contributed by atoms with Crippen LogP contribution in [0.2, 0.25) is 0 Å². The van der Waals surface area contributed by atoms with Crippen molar-refractivity contribution in [3.63, 3.8) is 0 Å². The van der Waals surface area contributed by atoms with Gasteiger partial charge in [0.05, 0.1) is 17.1 Å². The Balaban J connectivity index is 1.01. The lowest BCUT2D eigenvalue weighted by atomic mass is 9.80. The van der Waals surface area contributed by atoms with Crippen LogP contribution in [0.15, 0.2) is 224 Å². The van der Waals surface area contributed by atoms with E-state index in [4.69, 9.17) is 4.74 Å². The zero-order valence-corrected chi connectivity index (χ0v) is 39.7. The quantitative estimate of drug-likeness (QED) is 0.171. The molecule has 0 saturated heterocycles. The molecule has 3 aliphatic rings. The molecule has 0 aromatic heterocycles. The Hall–Kier alpha value is -8.46. The van der Waals surface area contributed by atoms with E-state index in [9.17, 15) is 0 Å². The first kappa shape index (κ1) is 40.6. The van der Waals surface area contributed by atoms with Crippen LogP contribution in [-0.4, -0.2) is 0 Å². The normalized spacial score (nSPS) is 14.3. The van der Waals surface area contributed by atoms with E-state index in [0.29, 0.717) is 0 Å². The highest BCUT2D eigenvalue weighted by molar-refractivity contribution is 6.11. The summed E-state index contributed by atoms with van der Waals surface area (Å²) in [6.07, 6.45) is 0.